The lowest BCUT2D eigenvalue weighted by atomic mass is 9.92. The molecule has 1 aromatic heterocycles. The van der Waals surface area contributed by atoms with Crippen LogP contribution in [0.5, 0.6) is 0 Å². The third-order valence-corrected chi connectivity index (χ3v) is 4.68. The van der Waals surface area contributed by atoms with E-state index in [0.717, 1.165) is 59.6 Å². The van der Waals surface area contributed by atoms with Gasteiger partial charge in [-0.1, -0.05) is 44.9 Å². The minimum absolute atomic E-state index is 0.0341. The Morgan fingerprint density at radius 1 is 1.04 bits per heavy atom. The van der Waals surface area contributed by atoms with E-state index in [0.29, 0.717) is 0 Å². The first-order valence-electron chi connectivity index (χ1n) is 9.83. The topological polar surface area (TPSA) is 70.0 Å². The van der Waals surface area contributed by atoms with Gasteiger partial charge in [0.1, 0.15) is 0 Å². The molecular weight excluding hydrogens is 350 g/mol. The van der Waals surface area contributed by atoms with E-state index in [4.69, 9.17) is 0 Å². The molecule has 0 bridgehead atoms. The fourth-order valence-corrected chi connectivity index (χ4v) is 3.49. The minimum atomic E-state index is -1.03. The highest BCUT2D eigenvalue weighted by atomic mass is 16.4. The number of aromatic nitrogens is 2. The van der Waals surface area contributed by atoms with Crippen molar-refractivity contribution in [2.75, 3.05) is 5.32 Å². The van der Waals surface area contributed by atoms with E-state index in [-0.39, 0.29) is 6.42 Å². The molecule has 1 heterocycles. The number of carbonyl (C=O) groups excluding carboxylic acids is 1. The maximum Gasteiger partial charge on any atom is 0.152 e. The minimum Gasteiger partial charge on any atom is -0.550 e. The summed E-state index contributed by atoms with van der Waals surface area (Å²) in [5.41, 5.74) is 4.99. The zero-order valence-electron chi connectivity index (χ0n) is 16.4. The molecule has 146 valence electrons. The Kier molecular flexibility index (Phi) is 6.48. The summed E-state index contributed by atoms with van der Waals surface area (Å²) < 4.78 is 1.83. The van der Waals surface area contributed by atoms with Crippen molar-refractivity contribution in [1.29, 1.82) is 0 Å². The van der Waals surface area contributed by atoms with Crippen LogP contribution in [0, 0.1) is 0 Å². The van der Waals surface area contributed by atoms with Crippen LogP contribution < -0.4 is 10.4 Å². The van der Waals surface area contributed by atoms with Gasteiger partial charge in [-0.3, -0.25) is 0 Å². The van der Waals surface area contributed by atoms with E-state index >= 15 is 0 Å². The van der Waals surface area contributed by atoms with Gasteiger partial charge in [0.15, 0.2) is 5.82 Å². The Morgan fingerprint density at radius 3 is 2.25 bits per heavy atom. The molecule has 0 atom stereocenters. The highest BCUT2D eigenvalue weighted by Gasteiger charge is 2.12. The molecule has 0 amide bonds. The fourth-order valence-electron chi connectivity index (χ4n) is 3.49. The molecule has 2 aromatic carbocycles. The van der Waals surface area contributed by atoms with Crippen molar-refractivity contribution >= 4 is 17.5 Å². The molecule has 0 spiro atoms. The lowest BCUT2D eigenvalue weighted by Gasteiger charge is -2.18. The molecule has 3 rings (SSSR count). The maximum atomic E-state index is 11.3. The van der Waals surface area contributed by atoms with Crippen LogP contribution in [0.15, 0.2) is 54.7 Å². The second kappa shape index (κ2) is 9.22. The number of aryl methyl sites for hydroxylation is 2. The number of benzene rings is 2. The number of carbonyl (C=O) groups is 1. The first-order chi connectivity index (χ1) is 13.6. The summed E-state index contributed by atoms with van der Waals surface area (Å²) in [6.45, 7) is 4.20. The molecule has 0 aliphatic heterocycles. The number of aliphatic carboxylic acids is 1. The van der Waals surface area contributed by atoms with Gasteiger partial charge in [0.25, 0.3) is 0 Å². The van der Waals surface area contributed by atoms with Crippen molar-refractivity contribution in [3.63, 3.8) is 0 Å². The SMILES string of the molecule is CCCc1cc(Nc2ccn(-c3ccccc3)n2)cc(CCC)c1CC(=O)[O-]. The van der Waals surface area contributed by atoms with Gasteiger partial charge in [-0.15, -0.1) is 0 Å². The number of carboxylic acids is 1. The van der Waals surface area contributed by atoms with Gasteiger partial charge in [-0.25, -0.2) is 4.68 Å². The highest BCUT2D eigenvalue weighted by molar-refractivity contribution is 5.71. The van der Waals surface area contributed by atoms with Crippen LogP contribution in [0.3, 0.4) is 0 Å². The third-order valence-electron chi connectivity index (χ3n) is 4.68. The first kappa shape index (κ1) is 19.7. The summed E-state index contributed by atoms with van der Waals surface area (Å²) in [6.07, 6.45) is 5.48. The summed E-state index contributed by atoms with van der Waals surface area (Å²) in [4.78, 5) is 11.3. The van der Waals surface area contributed by atoms with Gasteiger partial charge in [-0.2, -0.15) is 5.10 Å². The Labute approximate surface area is 166 Å². The molecular formula is C23H26N3O2-. The van der Waals surface area contributed by atoms with Crippen LogP contribution in [-0.4, -0.2) is 15.7 Å². The smallest absolute Gasteiger partial charge is 0.152 e. The van der Waals surface area contributed by atoms with Crippen LogP contribution in [0.1, 0.15) is 43.4 Å². The standard InChI is InChI=1S/C23H27N3O2/c1-3-8-17-14-19(15-18(9-4-2)21(17)16-23(27)28)24-22-12-13-26(25-22)20-10-6-5-7-11-20/h5-7,10-15H,3-4,8-9,16H2,1-2H3,(H,24,25)(H,27,28)/p-1. The van der Waals surface area contributed by atoms with Crippen molar-refractivity contribution in [3.05, 3.63) is 71.4 Å². The molecule has 0 saturated heterocycles. The van der Waals surface area contributed by atoms with Crippen molar-refractivity contribution in [1.82, 2.24) is 9.78 Å². The van der Waals surface area contributed by atoms with Gasteiger partial charge in [0.2, 0.25) is 0 Å². The van der Waals surface area contributed by atoms with Crippen molar-refractivity contribution < 1.29 is 9.90 Å². The fraction of sp³-hybridized carbons (Fsp3) is 0.304. The molecule has 0 fully saturated rings. The average molecular weight is 376 g/mol. The van der Waals surface area contributed by atoms with Crippen LogP contribution >= 0.6 is 0 Å². The molecule has 5 heteroatoms. The molecule has 0 saturated carbocycles. The first-order valence-corrected chi connectivity index (χ1v) is 9.83. The highest BCUT2D eigenvalue weighted by Crippen LogP contribution is 2.26. The van der Waals surface area contributed by atoms with E-state index in [2.05, 4.69) is 24.3 Å². The molecule has 1 N–H and O–H groups in total. The lowest BCUT2D eigenvalue weighted by Crippen LogP contribution is -2.25. The Hall–Kier alpha value is -3.08. The van der Waals surface area contributed by atoms with E-state index in [1.54, 1.807) is 0 Å². The summed E-state index contributed by atoms with van der Waals surface area (Å²) in [5.74, 6) is -0.279. The van der Waals surface area contributed by atoms with E-state index in [9.17, 15) is 9.90 Å². The van der Waals surface area contributed by atoms with Crippen molar-refractivity contribution in [2.24, 2.45) is 0 Å². The van der Waals surface area contributed by atoms with Crippen LogP contribution in [0.2, 0.25) is 0 Å². The number of anilines is 2. The van der Waals surface area contributed by atoms with E-state index in [1.807, 2.05) is 59.4 Å². The van der Waals surface area contributed by atoms with Gasteiger partial charge in [0, 0.05) is 30.3 Å². The number of hydrogen-bond donors (Lipinski definition) is 1. The van der Waals surface area contributed by atoms with E-state index in [1.165, 1.54) is 0 Å². The number of nitrogens with one attached hydrogen (secondary N) is 1. The van der Waals surface area contributed by atoms with Crippen molar-refractivity contribution in [3.8, 4) is 5.69 Å². The Balaban J connectivity index is 1.91. The number of nitrogens with zero attached hydrogens (tertiary/aromatic N) is 2. The summed E-state index contributed by atoms with van der Waals surface area (Å²) >= 11 is 0. The second-order valence-electron chi connectivity index (χ2n) is 6.93. The van der Waals surface area contributed by atoms with Gasteiger partial charge in [0.05, 0.1) is 5.69 Å². The quantitative estimate of drug-likeness (QED) is 0.616. The zero-order chi connectivity index (χ0) is 19.9. The van der Waals surface area contributed by atoms with Gasteiger partial charge < -0.3 is 15.2 Å². The number of carboxylic acid groups (broad SMARTS) is 1. The predicted molar refractivity (Wildman–Crippen MR) is 110 cm³/mol. The second-order valence-corrected chi connectivity index (χ2v) is 6.93. The summed E-state index contributed by atoms with van der Waals surface area (Å²) in [7, 11) is 0. The summed E-state index contributed by atoms with van der Waals surface area (Å²) in [5, 5.41) is 19.2. The zero-order valence-corrected chi connectivity index (χ0v) is 16.4. The third kappa shape index (κ3) is 4.80. The molecule has 0 unspecified atom stereocenters. The van der Waals surface area contributed by atoms with Crippen molar-refractivity contribution in [2.45, 2.75) is 46.0 Å². The van der Waals surface area contributed by atoms with Gasteiger partial charge in [-0.05, 0) is 53.8 Å². The number of hydrogen-bond acceptors (Lipinski definition) is 4. The normalized spacial score (nSPS) is 10.8. The monoisotopic (exact) mass is 376 g/mol. The lowest BCUT2D eigenvalue weighted by molar-refractivity contribution is -0.304. The molecule has 3 aromatic rings. The van der Waals surface area contributed by atoms with Crippen LogP contribution in [0.25, 0.3) is 5.69 Å². The van der Waals surface area contributed by atoms with Gasteiger partial charge >= 0.3 is 0 Å². The number of rotatable bonds is 9. The molecule has 0 aliphatic carbocycles. The van der Waals surface area contributed by atoms with Crippen LogP contribution in [-0.2, 0) is 24.1 Å². The molecule has 0 radical (unpaired) electrons. The Morgan fingerprint density at radius 2 is 1.68 bits per heavy atom. The maximum absolute atomic E-state index is 11.3. The average Bonchev–Trinajstić information content (AvgIpc) is 3.14. The molecule has 28 heavy (non-hydrogen) atoms. The van der Waals surface area contributed by atoms with E-state index < -0.39 is 5.97 Å². The Bertz CT molecular complexity index is 905. The molecule has 5 nitrogen and oxygen atoms in total. The largest absolute Gasteiger partial charge is 0.550 e. The predicted octanol–water partition coefficient (Wildman–Crippen LogP) is 3.81. The summed E-state index contributed by atoms with van der Waals surface area (Å²) in [6, 6.07) is 16.0. The number of para-hydroxylation sites is 1. The molecule has 0 aliphatic rings. The van der Waals surface area contributed by atoms with Crippen LogP contribution in [0.4, 0.5) is 11.5 Å².